The fourth-order valence-electron chi connectivity index (χ4n) is 0.788. The molecule has 15 heavy (non-hydrogen) atoms. The van der Waals surface area contributed by atoms with Crippen molar-refractivity contribution in [2.24, 2.45) is 0 Å². The average molecular weight is 260 g/mol. The highest BCUT2D eigenvalue weighted by Gasteiger charge is 2.02. The molecule has 1 rings (SSSR count). The fourth-order valence-corrected chi connectivity index (χ4v) is 1.58. The third-order valence-electron chi connectivity index (χ3n) is 1.41. The second-order valence-electron chi connectivity index (χ2n) is 2.54. The lowest BCUT2D eigenvalue weighted by Crippen LogP contribution is -1.85. The van der Waals surface area contributed by atoms with Gasteiger partial charge in [-0.2, -0.15) is 0 Å². The van der Waals surface area contributed by atoms with Crippen LogP contribution in [-0.4, -0.2) is 15.9 Å². The zero-order valence-corrected chi connectivity index (χ0v) is 10.2. The van der Waals surface area contributed by atoms with Crippen molar-refractivity contribution in [1.29, 1.82) is 0 Å². The van der Waals surface area contributed by atoms with Crippen molar-refractivity contribution in [3.8, 4) is 11.8 Å². The SMILES string of the molecule is CC(=O)SCC#Cc1c(Cl)ccnc1Cl. The molecular weight excluding hydrogens is 253 g/mol. The van der Waals surface area contributed by atoms with E-state index in [2.05, 4.69) is 16.8 Å². The van der Waals surface area contributed by atoms with Crippen molar-refractivity contribution in [2.45, 2.75) is 6.92 Å². The summed E-state index contributed by atoms with van der Waals surface area (Å²) in [5.41, 5.74) is 0.505. The topological polar surface area (TPSA) is 30.0 Å². The van der Waals surface area contributed by atoms with Gasteiger partial charge in [-0.3, -0.25) is 4.79 Å². The zero-order chi connectivity index (χ0) is 11.3. The fraction of sp³-hybridized carbons (Fsp3) is 0.200. The van der Waals surface area contributed by atoms with Gasteiger partial charge in [0.15, 0.2) is 5.12 Å². The highest BCUT2D eigenvalue weighted by molar-refractivity contribution is 8.13. The summed E-state index contributed by atoms with van der Waals surface area (Å²) in [6.45, 7) is 1.50. The highest BCUT2D eigenvalue weighted by Crippen LogP contribution is 2.20. The molecular formula is C10H7Cl2NOS. The van der Waals surface area contributed by atoms with Crippen LogP contribution in [0.4, 0.5) is 0 Å². The van der Waals surface area contributed by atoms with Crippen LogP contribution in [0.25, 0.3) is 0 Å². The largest absolute Gasteiger partial charge is 0.288 e. The van der Waals surface area contributed by atoms with E-state index in [0.717, 1.165) is 11.8 Å². The van der Waals surface area contributed by atoms with Crippen LogP contribution in [0.15, 0.2) is 12.3 Å². The molecule has 0 unspecified atom stereocenters. The normalized spacial score (nSPS) is 9.27. The van der Waals surface area contributed by atoms with E-state index in [4.69, 9.17) is 23.2 Å². The van der Waals surface area contributed by atoms with Gasteiger partial charge in [0.25, 0.3) is 0 Å². The molecule has 0 amide bonds. The summed E-state index contributed by atoms with van der Waals surface area (Å²) in [5, 5.41) is 0.783. The molecule has 0 saturated heterocycles. The minimum atomic E-state index is 0.0349. The van der Waals surface area contributed by atoms with Crippen molar-refractivity contribution in [1.82, 2.24) is 4.98 Å². The lowest BCUT2D eigenvalue weighted by atomic mass is 10.3. The predicted octanol–water partition coefficient (Wildman–Crippen LogP) is 3.02. The van der Waals surface area contributed by atoms with E-state index in [-0.39, 0.29) is 10.3 Å². The summed E-state index contributed by atoms with van der Waals surface area (Å²) in [6.07, 6.45) is 1.51. The summed E-state index contributed by atoms with van der Waals surface area (Å²) in [5.74, 6) is 6.01. The third kappa shape index (κ3) is 4.13. The van der Waals surface area contributed by atoms with Gasteiger partial charge in [-0.05, 0) is 6.07 Å². The monoisotopic (exact) mass is 259 g/mol. The summed E-state index contributed by atoms with van der Waals surface area (Å²) in [6, 6.07) is 1.62. The molecule has 1 heterocycles. The van der Waals surface area contributed by atoms with Gasteiger partial charge in [0.05, 0.1) is 16.3 Å². The second kappa shape index (κ2) is 6.02. The molecule has 1 aromatic rings. The smallest absolute Gasteiger partial charge is 0.186 e. The van der Waals surface area contributed by atoms with Crippen LogP contribution in [0.1, 0.15) is 12.5 Å². The first kappa shape index (κ1) is 12.4. The number of carbonyl (C=O) groups excluding carboxylic acids is 1. The minimum absolute atomic E-state index is 0.0349. The molecule has 0 saturated carbocycles. The van der Waals surface area contributed by atoms with Gasteiger partial charge >= 0.3 is 0 Å². The van der Waals surface area contributed by atoms with Gasteiger partial charge in [-0.25, -0.2) is 4.98 Å². The van der Waals surface area contributed by atoms with Crippen LogP contribution >= 0.6 is 35.0 Å². The molecule has 0 spiro atoms. The summed E-state index contributed by atoms with van der Waals surface area (Å²) >= 11 is 12.8. The van der Waals surface area contributed by atoms with Crippen LogP contribution in [-0.2, 0) is 4.79 Å². The molecule has 5 heteroatoms. The average Bonchev–Trinajstić information content (AvgIpc) is 2.15. The van der Waals surface area contributed by atoms with Crippen molar-refractivity contribution in [3.05, 3.63) is 28.0 Å². The van der Waals surface area contributed by atoms with E-state index in [9.17, 15) is 4.79 Å². The lowest BCUT2D eigenvalue weighted by molar-refractivity contribution is -0.109. The van der Waals surface area contributed by atoms with Gasteiger partial charge in [0.2, 0.25) is 0 Å². The molecule has 78 valence electrons. The molecule has 0 N–H and O–H groups in total. The first-order valence-electron chi connectivity index (χ1n) is 4.03. The number of nitrogens with zero attached hydrogens (tertiary/aromatic N) is 1. The maximum Gasteiger partial charge on any atom is 0.186 e. The molecule has 2 nitrogen and oxygen atoms in total. The molecule has 0 aliphatic rings. The maximum absolute atomic E-state index is 10.6. The molecule has 0 aliphatic carbocycles. The van der Waals surface area contributed by atoms with E-state index in [1.54, 1.807) is 6.07 Å². The number of hydrogen-bond acceptors (Lipinski definition) is 3. The Balaban J connectivity index is 2.75. The Labute approximate surface area is 102 Å². The van der Waals surface area contributed by atoms with E-state index >= 15 is 0 Å². The molecule has 1 aromatic heterocycles. The third-order valence-corrected chi connectivity index (χ3v) is 2.71. The van der Waals surface area contributed by atoms with E-state index in [1.807, 2.05) is 0 Å². The molecule has 0 bridgehead atoms. The number of aromatic nitrogens is 1. The first-order valence-corrected chi connectivity index (χ1v) is 5.77. The van der Waals surface area contributed by atoms with Crippen LogP contribution in [0.3, 0.4) is 0 Å². The highest BCUT2D eigenvalue weighted by atomic mass is 35.5. The number of thioether (sulfide) groups is 1. The molecule has 0 radical (unpaired) electrons. The van der Waals surface area contributed by atoms with E-state index < -0.39 is 0 Å². The van der Waals surface area contributed by atoms with Crippen LogP contribution in [0, 0.1) is 11.8 Å². The Morgan fingerprint density at radius 3 is 2.93 bits per heavy atom. The molecule has 0 fully saturated rings. The first-order chi connectivity index (χ1) is 7.11. The van der Waals surface area contributed by atoms with E-state index in [1.165, 1.54) is 13.1 Å². The van der Waals surface area contributed by atoms with Gasteiger partial charge in [0, 0.05) is 13.1 Å². The zero-order valence-electron chi connectivity index (χ0n) is 7.88. The second-order valence-corrected chi connectivity index (χ2v) is 4.46. The quantitative estimate of drug-likeness (QED) is 0.574. The van der Waals surface area contributed by atoms with Crippen molar-refractivity contribution in [3.63, 3.8) is 0 Å². The van der Waals surface area contributed by atoms with Crippen molar-refractivity contribution in [2.75, 3.05) is 5.75 Å². The Morgan fingerprint density at radius 2 is 2.33 bits per heavy atom. The van der Waals surface area contributed by atoms with Gasteiger partial charge in [-0.15, -0.1) is 0 Å². The van der Waals surface area contributed by atoms with Crippen molar-refractivity contribution < 1.29 is 4.79 Å². The number of hydrogen-bond donors (Lipinski definition) is 0. The predicted molar refractivity (Wildman–Crippen MR) is 64.3 cm³/mol. The lowest BCUT2D eigenvalue weighted by Gasteiger charge is -1.96. The number of halogens is 2. The summed E-state index contributed by atoms with van der Waals surface area (Å²) in [4.78, 5) is 14.5. The Hall–Kier alpha value is -0.690. The van der Waals surface area contributed by atoms with Gasteiger partial charge in [0.1, 0.15) is 5.15 Å². The summed E-state index contributed by atoms with van der Waals surface area (Å²) < 4.78 is 0. The van der Waals surface area contributed by atoms with Gasteiger partial charge < -0.3 is 0 Å². The molecule has 0 aliphatic heterocycles. The van der Waals surface area contributed by atoms with Crippen LogP contribution in [0.2, 0.25) is 10.2 Å². The number of pyridine rings is 1. The van der Waals surface area contributed by atoms with E-state index in [0.29, 0.717) is 16.3 Å². The Bertz CT molecular complexity index is 417. The van der Waals surface area contributed by atoms with Crippen molar-refractivity contribution >= 4 is 40.1 Å². The standard InChI is InChI=1S/C10H7Cl2NOS/c1-7(14)15-6-2-3-8-9(11)4-5-13-10(8)12/h4-5H,6H2,1H3. The number of carbonyl (C=O) groups is 1. The Kier molecular flexibility index (Phi) is 4.97. The molecule has 0 aromatic carbocycles. The maximum atomic E-state index is 10.6. The van der Waals surface area contributed by atoms with Crippen LogP contribution in [0.5, 0.6) is 0 Å². The molecule has 0 atom stereocenters. The van der Waals surface area contributed by atoms with Gasteiger partial charge in [-0.1, -0.05) is 46.8 Å². The van der Waals surface area contributed by atoms with Crippen LogP contribution < -0.4 is 0 Å². The number of rotatable bonds is 1. The summed E-state index contributed by atoms with van der Waals surface area (Å²) in [7, 11) is 0. The minimum Gasteiger partial charge on any atom is -0.288 e. The Morgan fingerprint density at radius 1 is 1.60 bits per heavy atom.